The van der Waals surface area contributed by atoms with E-state index in [0.717, 1.165) is 19.6 Å². The lowest BCUT2D eigenvalue weighted by Crippen LogP contribution is -2.42. The van der Waals surface area contributed by atoms with Crippen molar-refractivity contribution in [2.75, 3.05) is 0 Å². The molecule has 1 heterocycles. The molecule has 18 heavy (non-hydrogen) atoms. The summed E-state index contributed by atoms with van der Waals surface area (Å²) in [6.45, 7) is 5.74. The zero-order valence-electron chi connectivity index (χ0n) is 11.5. The fraction of sp³-hybridized carbons (Fsp3) is 1.00. The van der Waals surface area contributed by atoms with Crippen molar-refractivity contribution in [2.24, 2.45) is 23.7 Å². The van der Waals surface area contributed by atoms with Crippen LogP contribution in [0.4, 0.5) is 0 Å². The van der Waals surface area contributed by atoms with Crippen molar-refractivity contribution in [3.05, 3.63) is 0 Å². The van der Waals surface area contributed by atoms with Crippen LogP contribution in [0.3, 0.4) is 0 Å². The van der Waals surface area contributed by atoms with Crippen LogP contribution in [0, 0.1) is 23.7 Å². The van der Waals surface area contributed by atoms with Crippen LogP contribution < -0.4 is 0 Å². The molecule has 2 spiro atoms. The molecule has 0 bridgehead atoms. The summed E-state index contributed by atoms with van der Waals surface area (Å²) in [5.41, 5.74) is 0. The Balaban J connectivity index is 1.48. The molecule has 6 saturated carbocycles. The molecule has 0 aromatic heterocycles. The largest absolute Gasteiger partial charge is 0.147 e. The predicted molar refractivity (Wildman–Crippen MR) is 77.6 cm³/mol. The molecule has 0 radical (unpaired) electrons. The van der Waals surface area contributed by atoms with E-state index in [2.05, 4.69) is 24.9 Å². The Labute approximate surface area is 115 Å². The smallest absolute Gasteiger partial charge is 0.0648 e. The second-order valence-corrected chi connectivity index (χ2v) is 15.6. The van der Waals surface area contributed by atoms with E-state index in [1.165, 1.54) is 23.7 Å². The van der Waals surface area contributed by atoms with E-state index in [4.69, 9.17) is 0 Å². The minimum Gasteiger partial charge on any atom is -0.147 e. The second kappa shape index (κ2) is 1.96. The standard InChI is InChI=1S/C16H22SSi/c1-18(2)15-9-5-3-6-10(15)13(9,15)17-14-11-7-4-8-12(14)16(11,14)18/h9-12H,3-8H2,1-2H3. The molecule has 0 N–H and O–H groups in total. The first kappa shape index (κ1) is 9.49. The molecule has 6 aliphatic carbocycles. The maximum atomic E-state index is 2.87. The first-order valence-electron chi connectivity index (χ1n) is 8.35. The molecule has 7 aliphatic rings. The van der Waals surface area contributed by atoms with Gasteiger partial charge in [0.1, 0.15) is 0 Å². The van der Waals surface area contributed by atoms with Gasteiger partial charge in [-0.15, -0.1) is 11.8 Å². The predicted octanol–water partition coefficient (Wildman–Crippen LogP) is 4.29. The molecule has 2 heteroatoms. The summed E-state index contributed by atoms with van der Waals surface area (Å²) in [6, 6.07) is 0. The zero-order valence-corrected chi connectivity index (χ0v) is 13.3. The zero-order chi connectivity index (χ0) is 11.8. The van der Waals surface area contributed by atoms with Gasteiger partial charge in [-0.25, -0.2) is 0 Å². The van der Waals surface area contributed by atoms with E-state index in [0.29, 0.717) is 0 Å². The highest BCUT2D eigenvalue weighted by molar-refractivity contribution is 8.04. The molecular formula is C16H22SSi. The van der Waals surface area contributed by atoms with Crippen molar-refractivity contribution < 1.29 is 0 Å². The molecule has 1 aliphatic heterocycles. The Hall–Kier alpha value is 0.567. The van der Waals surface area contributed by atoms with Gasteiger partial charge in [0.25, 0.3) is 0 Å². The molecule has 0 aromatic rings. The van der Waals surface area contributed by atoms with E-state index in [-0.39, 0.29) is 0 Å². The second-order valence-electron chi connectivity index (χ2n) is 9.12. The highest BCUT2D eigenvalue weighted by Crippen LogP contribution is 3.20. The van der Waals surface area contributed by atoms with E-state index in [1.54, 1.807) is 38.5 Å². The lowest BCUT2D eigenvalue weighted by atomic mass is 9.87. The van der Waals surface area contributed by atoms with Crippen molar-refractivity contribution >= 4 is 19.8 Å². The van der Waals surface area contributed by atoms with Crippen LogP contribution in [-0.4, -0.2) is 17.6 Å². The van der Waals surface area contributed by atoms with Crippen LogP contribution in [0.25, 0.3) is 0 Å². The van der Waals surface area contributed by atoms with E-state index >= 15 is 0 Å². The van der Waals surface area contributed by atoms with Gasteiger partial charge in [0, 0.05) is 9.49 Å². The van der Waals surface area contributed by atoms with Crippen molar-refractivity contribution in [3.63, 3.8) is 0 Å². The number of hydrogen-bond acceptors (Lipinski definition) is 1. The van der Waals surface area contributed by atoms with Gasteiger partial charge in [0.05, 0.1) is 8.07 Å². The fourth-order valence-electron chi connectivity index (χ4n) is 9.68. The third-order valence-electron chi connectivity index (χ3n) is 9.61. The van der Waals surface area contributed by atoms with Crippen molar-refractivity contribution in [3.8, 4) is 0 Å². The highest BCUT2D eigenvalue weighted by Gasteiger charge is 3.16. The van der Waals surface area contributed by atoms with E-state index in [1.807, 2.05) is 0 Å². The maximum Gasteiger partial charge on any atom is 0.0648 e. The minimum absolute atomic E-state index is 0.922. The molecule has 7 fully saturated rings. The normalized spacial score (nSPS) is 81.7. The summed E-state index contributed by atoms with van der Waals surface area (Å²) in [6.07, 6.45) is 9.67. The summed E-state index contributed by atoms with van der Waals surface area (Å²) in [7, 11) is -0.981. The monoisotopic (exact) mass is 274 g/mol. The Kier molecular flexibility index (Phi) is 1.04. The number of hydrogen-bond donors (Lipinski definition) is 0. The SMILES string of the molecule is C[Si]1(C)C23C4CCCC2C43SC23C4CCCC2C431. The van der Waals surface area contributed by atoms with Crippen molar-refractivity contribution in [1.82, 2.24) is 0 Å². The van der Waals surface area contributed by atoms with Gasteiger partial charge in [-0.2, -0.15) is 0 Å². The van der Waals surface area contributed by atoms with Crippen LogP contribution in [0.5, 0.6) is 0 Å². The maximum absolute atomic E-state index is 2.87. The van der Waals surface area contributed by atoms with Crippen molar-refractivity contribution in [1.29, 1.82) is 0 Å². The third kappa shape index (κ3) is 0.449. The molecule has 1 saturated heterocycles. The summed E-state index contributed by atoms with van der Waals surface area (Å²) in [5, 5.41) is 2.01. The summed E-state index contributed by atoms with van der Waals surface area (Å²) in [5.74, 6) is 4.94. The van der Waals surface area contributed by atoms with Crippen LogP contribution >= 0.6 is 11.8 Å². The highest BCUT2D eigenvalue weighted by atomic mass is 32.2. The van der Waals surface area contributed by atoms with Gasteiger partial charge in [0.15, 0.2) is 0 Å². The lowest BCUT2D eigenvalue weighted by molar-refractivity contribution is 0.322. The molecule has 0 aromatic carbocycles. The molecule has 4 atom stereocenters. The van der Waals surface area contributed by atoms with Crippen LogP contribution in [-0.2, 0) is 0 Å². The van der Waals surface area contributed by atoms with Gasteiger partial charge in [-0.3, -0.25) is 0 Å². The first-order chi connectivity index (χ1) is 8.65. The van der Waals surface area contributed by atoms with Gasteiger partial charge in [0.2, 0.25) is 0 Å². The Morgan fingerprint density at radius 1 is 0.778 bits per heavy atom. The van der Waals surface area contributed by atoms with Crippen LogP contribution in [0.1, 0.15) is 38.5 Å². The van der Waals surface area contributed by atoms with E-state index in [9.17, 15) is 0 Å². The first-order valence-corrected chi connectivity index (χ1v) is 12.2. The molecule has 7 rings (SSSR count). The number of rotatable bonds is 0. The summed E-state index contributed by atoms with van der Waals surface area (Å²) < 4.78 is 1.84. The Morgan fingerprint density at radius 3 is 1.56 bits per heavy atom. The average molecular weight is 275 g/mol. The van der Waals surface area contributed by atoms with Crippen LogP contribution in [0.2, 0.25) is 23.2 Å². The molecule has 96 valence electrons. The topological polar surface area (TPSA) is 0 Å². The van der Waals surface area contributed by atoms with E-state index < -0.39 is 8.07 Å². The third-order valence-corrected chi connectivity index (χ3v) is 18.8. The molecule has 0 nitrogen and oxygen atoms in total. The van der Waals surface area contributed by atoms with Crippen molar-refractivity contribution in [2.45, 2.75) is 71.2 Å². The molecular weight excluding hydrogens is 252 g/mol. The lowest BCUT2D eigenvalue weighted by Gasteiger charge is -2.42. The summed E-state index contributed by atoms with van der Waals surface area (Å²) in [4.78, 5) is 0. The van der Waals surface area contributed by atoms with Gasteiger partial charge >= 0.3 is 0 Å². The minimum atomic E-state index is -0.981. The Bertz CT molecular complexity index is 479. The fourth-order valence-corrected chi connectivity index (χ4v) is 23.0. The van der Waals surface area contributed by atoms with Crippen LogP contribution in [0.15, 0.2) is 0 Å². The van der Waals surface area contributed by atoms with Gasteiger partial charge < -0.3 is 0 Å². The molecule has 4 unspecified atom stereocenters. The van der Waals surface area contributed by atoms with Gasteiger partial charge in [-0.1, -0.05) is 25.9 Å². The summed E-state index contributed by atoms with van der Waals surface area (Å²) >= 11 is 2.64. The average Bonchev–Trinajstić information content (AvgIpc) is 3.28. The van der Waals surface area contributed by atoms with Gasteiger partial charge in [-0.05, 0) is 59.4 Å². The number of thioether (sulfide) groups is 1. The Morgan fingerprint density at radius 2 is 1.17 bits per heavy atom. The quantitative estimate of drug-likeness (QED) is 0.594. The molecule has 0 amide bonds.